The first kappa shape index (κ1) is 10.4. The molecule has 0 unspecified atom stereocenters. The SMILES string of the molecule is Cc1nnc(OCC2CC2)c(CN)c1C. The number of hydrogen-bond acceptors (Lipinski definition) is 4. The van der Waals surface area contributed by atoms with E-state index in [1.807, 2.05) is 13.8 Å². The normalized spacial score (nSPS) is 15.4. The number of aromatic nitrogens is 2. The average molecular weight is 207 g/mol. The predicted octanol–water partition coefficient (Wildman–Crippen LogP) is 1.34. The van der Waals surface area contributed by atoms with Gasteiger partial charge in [-0.2, -0.15) is 5.10 Å². The van der Waals surface area contributed by atoms with Crippen molar-refractivity contribution in [2.45, 2.75) is 33.2 Å². The molecule has 2 N–H and O–H groups in total. The van der Waals surface area contributed by atoms with E-state index in [-0.39, 0.29) is 0 Å². The van der Waals surface area contributed by atoms with Gasteiger partial charge in [0.15, 0.2) is 0 Å². The summed E-state index contributed by atoms with van der Waals surface area (Å²) in [5, 5.41) is 8.11. The molecule has 15 heavy (non-hydrogen) atoms. The second-order valence-corrected chi connectivity index (χ2v) is 4.15. The Morgan fingerprint density at radius 3 is 2.67 bits per heavy atom. The number of hydrogen-bond donors (Lipinski definition) is 1. The van der Waals surface area contributed by atoms with Crippen LogP contribution < -0.4 is 10.5 Å². The molecular formula is C11H17N3O. The number of rotatable bonds is 4. The number of aryl methyl sites for hydroxylation is 1. The first-order chi connectivity index (χ1) is 7.22. The van der Waals surface area contributed by atoms with Crippen molar-refractivity contribution in [3.8, 4) is 5.88 Å². The molecule has 4 heteroatoms. The highest BCUT2D eigenvalue weighted by Gasteiger charge is 2.23. The Bertz CT molecular complexity index is 361. The second kappa shape index (κ2) is 4.14. The Morgan fingerprint density at radius 2 is 2.07 bits per heavy atom. The standard InChI is InChI=1S/C11H17N3O/c1-7-8(2)13-14-11(10(7)5-12)15-6-9-3-4-9/h9H,3-6,12H2,1-2H3. The van der Waals surface area contributed by atoms with Gasteiger partial charge in [-0.05, 0) is 38.2 Å². The molecule has 2 rings (SSSR count). The molecule has 0 bridgehead atoms. The Morgan fingerprint density at radius 1 is 1.33 bits per heavy atom. The molecule has 0 amide bonds. The number of nitrogens with zero attached hydrogens (tertiary/aromatic N) is 2. The first-order valence-corrected chi connectivity index (χ1v) is 5.38. The van der Waals surface area contributed by atoms with Gasteiger partial charge in [-0.15, -0.1) is 5.10 Å². The van der Waals surface area contributed by atoms with Crippen LogP contribution in [0.15, 0.2) is 0 Å². The lowest BCUT2D eigenvalue weighted by Gasteiger charge is -2.11. The van der Waals surface area contributed by atoms with Crippen LogP contribution in [0, 0.1) is 19.8 Å². The van der Waals surface area contributed by atoms with Crippen LogP contribution in [0.4, 0.5) is 0 Å². The largest absolute Gasteiger partial charge is 0.476 e. The lowest BCUT2D eigenvalue weighted by Crippen LogP contribution is -2.10. The molecule has 0 radical (unpaired) electrons. The van der Waals surface area contributed by atoms with Crippen LogP contribution >= 0.6 is 0 Å². The quantitative estimate of drug-likeness (QED) is 0.809. The van der Waals surface area contributed by atoms with Gasteiger partial charge < -0.3 is 10.5 Å². The summed E-state index contributed by atoms with van der Waals surface area (Å²) in [6.45, 7) is 5.16. The van der Waals surface area contributed by atoms with Crippen LogP contribution in [0.3, 0.4) is 0 Å². The molecule has 0 atom stereocenters. The zero-order valence-electron chi connectivity index (χ0n) is 9.29. The molecule has 0 spiro atoms. The summed E-state index contributed by atoms with van der Waals surface area (Å²) in [6.07, 6.45) is 2.55. The lowest BCUT2D eigenvalue weighted by molar-refractivity contribution is 0.281. The maximum Gasteiger partial charge on any atom is 0.238 e. The molecule has 0 aromatic carbocycles. The average Bonchev–Trinajstić information content (AvgIpc) is 3.03. The number of nitrogens with two attached hydrogens (primary N) is 1. The molecule has 4 nitrogen and oxygen atoms in total. The fraction of sp³-hybridized carbons (Fsp3) is 0.636. The third kappa shape index (κ3) is 2.26. The van der Waals surface area contributed by atoms with Crippen molar-refractivity contribution in [3.05, 3.63) is 16.8 Å². The summed E-state index contributed by atoms with van der Waals surface area (Å²) in [6, 6.07) is 0. The van der Waals surface area contributed by atoms with E-state index in [0.29, 0.717) is 12.4 Å². The summed E-state index contributed by atoms with van der Waals surface area (Å²) in [5.41, 5.74) is 8.70. The highest BCUT2D eigenvalue weighted by molar-refractivity contribution is 5.35. The van der Waals surface area contributed by atoms with Gasteiger partial charge in [0.05, 0.1) is 12.3 Å². The van der Waals surface area contributed by atoms with Gasteiger partial charge in [0.1, 0.15) is 0 Å². The zero-order chi connectivity index (χ0) is 10.8. The minimum atomic E-state index is 0.461. The van der Waals surface area contributed by atoms with Crippen molar-refractivity contribution in [3.63, 3.8) is 0 Å². The van der Waals surface area contributed by atoms with Gasteiger partial charge in [0.25, 0.3) is 0 Å². The summed E-state index contributed by atoms with van der Waals surface area (Å²) in [5.74, 6) is 1.34. The first-order valence-electron chi connectivity index (χ1n) is 5.38. The summed E-state index contributed by atoms with van der Waals surface area (Å²) < 4.78 is 5.63. The lowest BCUT2D eigenvalue weighted by atomic mass is 10.1. The topological polar surface area (TPSA) is 61.0 Å². The Labute approximate surface area is 89.8 Å². The van der Waals surface area contributed by atoms with Crippen molar-refractivity contribution >= 4 is 0 Å². The molecule has 1 fully saturated rings. The Kier molecular flexibility index (Phi) is 2.86. The van der Waals surface area contributed by atoms with Crippen LogP contribution in [-0.2, 0) is 6.54 Å². The monoisotopic (exact) mass is 207 g/mol. The van der Waals surface area contributed by atoms with E-state index in [0.717, 1.165) is 29.3 Å². The molecule has 1 aromatic rings. The van der Waals surface area contributed by atoms with Gasteiger partial charge in [0.2, 0.25) is 5.88 Å². The fourth-order valence-electron chi connectivity index (χ4n) is 1.47. The van der Waals surface area contributed by atoms with E-state index in [2.05, 4.69) is 10.2 Å². The van der Waals surface area contributed by atoms with Crippen LogP contribution in [-0.4, -0.2) is 16.8 Å². The minimum Gasteiger partial charge on any atom is -0.476 e. The van der Waals surface area contributed by atoms with Gasteiger partial charge in [-0.25, -0.2) is 0 Å². The second-order valence-electron chi connectivity index (χ2n) is 4.15. The van der Waals surface area contributed by atoms with Gasteiger partial charge >= 0.3 is 0 Å². The van der Waals surface area contributed by atoms with Crippen molar-refractivity contribution in [2.75, 3.05) is 6.61 Å². The molecule has 82 valence electrons. The third-order valence-corrected chi connectivity index (χ3v) is 2.90. The van der Waals surface area contributed by atoms with E-state index in [1.54, 1.807) is 0 Å². The van der Waals surface area contributed by atoms with Crippen LogP contribution in [0.2, 0.25) is 0 Å². The van der Waals surface area contributed by atoms with Crippen molar-refractivity contribution in [1.82, 2.24) is 10.2 Å². The highest BCUT2D eigenvalue weighted by Crippen LogP contribution is 2.30. The van der Waals surface area contributed by atoms with Gasteiger partial charge in [0, 0.05) is 12.1 Å². The third-order valence-electron chi connectivity index (χ3n) is 2.90. The summed E-state index contributed by atoms with van der Waals surface area (Å²) in [7, 11) is 0. The molecule has 1 saturated carbocycles. The van der Waals surface area contributed by atoms with E-state index in [1.165, 1.54) is 12.8 Å². The van der Waals surface area contributed by atoms with E-state index < -0.39 is 0 Å². The molecule has 1 heterocycles. The smallest absolute Gasteiger partial charge is 0.238 e. The maximum atomic E-state index is 5.69. The van der Waals surface area contributed by atoms with Crippen molar-refractivity contribution in [1.29, 1.82) is 0 Å². The van der Waals surface area contributed by atoms with Crippen LogP contribution in [0.1, 0.15) is 29.7 Å². The highest BCUT2D eigenvalue weighted by atomic mass is 16.5. The molecule has 0 aliphatic heterocycles. The van der Waals surface area contributed by atoms with E-state index in [4.69, 9.17) is 10.5 Å². The summed E-state index contributed by atoms with van der Waals surface area (Å²) >= 11 is 0. The van der Waals surface area contributed by atoms with Gasteiger partial charge in [-0.3, -0.25) is 0 Å². The Balaban J connectivity index is 2.16. The summed E-state index contributed by atoms with van der Waals surface area (Å²) in [4.78, 5) is 0. The maximum absolute atomic E-state index is 5.69. The van der Waals surface area contributed by atoms with Crippen LogP contribution in [0.25, 0.3) is 0 Å². The molecule has 1 aromatic heterocycles. The molecular weight excluding hydrogens is 190 g/mol. The minimum absolute atomic E-state index is 0.461. The predicted molar refractivity (Wildman–Crippen MR) is 57.6 cm³/mol. The van der Waals surface area contributed by atoms with Crippen LogP contribution in [0.5, 0.6) is 5.88 Å². The molecule has 1 aliphatic rings. The van der Waals surface area contributed by atoms with Gasteiger partial charge in [-0.1, -0.05) is 0 Å². The van der Waals surface area contributed by atoms with Crippen molar-refractivity contribution < 1.29 is 4.74 Å². The van der Waals surface area contributed by atoms with E-state index in [9.17, 15) is 0 Å². The number of ether oxygens (including phenoxy) is 1. The zero-order valence-corrected chi connectivity index (χ0v) is 9.29. The molecule has 1 aliphatic carbocycles. The molecule has 0 saturated heterocycles. The van der Waals surface area contributed by atoms with E-state index >= 15 is 0 Å². The fourth-order valence-corrected chi connectivity index (χ4v) is 1.47. The van der Waals surface area contributed by atoms with Crippen molar-refractivity contribution in [2.24, 2.45) is 11.7 Å². The Hall–Kier alpha value is -1.16.